The Morgan fingerprint density at radius 2 is 1.40 bits per heavy atom. The van der Waals surface area contributed by atoms with Crippen LogP contribution in [0.4, 0.5) is 0 Å². The highest BCUT2D eigenvalue weighted by atomic mass is 16.3. The van der Waals surface area contributed by atoms with Gasteiger partial charge in [-0.2, -0.15) is 0 Å². The molecule has 0 radical (unpaired) electrons. The lowest BCUT2D eigenvalue weighted by Gasteiger charge is -2.25. The van der Waals surface area contributed by atoms with Gasteiger partial charge in [0.05, 0.1) is 6.07 Å². The van der Waals surface area contributed by atoms with Gasteiger partial charge in [0.25, 0.3) is 0 Å². The van der Waals surface area contributed by atoms with Crippen molar-refractivity contribution in [1.29, 1.82) is 0 Å². The Labute approximate surface area is 213 Å². The second-order valence-corrected chi connectivity index (χ2v) is 10.3. The zero-order valence-electron chi connectivity index (χ0n) is 22.5. The summed E-state index contributed by atoms with van der Waals surface area (Å²) in [5.41, 5.74) is 7.06. The third-order valence-electron chi connectivity index (χ3n) is 7.96. The smallest absolute Gasteiger partial charge is 0.203 e. The van der Waals surface area contributed by atoms with E-state index in [9.17, 15) is 0 Å². The molecule has 1 aliphatic heterocycles. The molecule has 4 rings (SSSR count). The van der Waals surface area contributed by atoms with Crippen molar-refractivity contribution in [1.82, 2.24) is 4.58 Å². The number of hydrogen-bond acceptors (Lipinski definition) is 1. The number of nitrogens with zero attached hydrogens (tertiary/aromatic N) is 1. The van der Waals surface area contributed by atoms with E-state index in [-0.39, 0.29) is 0 Å². The van der Waals surface area contributed by atoms with E-state index in [0.717, 1.165) is 37.5 Å². The van der Waals surface area contributed by atoms with Gasteiger partial charge in [0.15, 0.2) is 0 Å². The number of aryl methyl sites for hydroxylation is 1. The molecule has 35 heavy (non-hydrogen) atoms. The molecule has 2 heteroatoms. The van der Waals surface area contributed by atoms with Crippen molar-refractivity contribution in [3.8, 4) is 22.6 Å². The lowest BCUT2D eigenvalue weighted by molar-refractivity contribution is 0.547. The molecule has 2 aliphatic carbocycles. The summed E-state index contributed by atoms with van der Waals surface area (Å²) < 4.78 is 9.11. The molecular formula is C33H46NO+. The van der Waals surface area contributed by atoms with Gasteiger partial charge in [-0.25, -0.2) is 4.58 Å². The SMILES string of the molecule is CCCCCCCCCCCCc1c2ccc(=[N+](CC)CC)cc-2oc2c1CCc1ccccc1-2. The molecule has 188 valence electrons. The van der Waals surface area contributed by atoms with Crippen LogP contribution in [0.1, 0.15) is 102 Å². The van der Waals surface area contributed by atoms with Crippen LogP contribution < -0.4 is 9.93 Å². The van der Waals surface area contributed by atoms with Gasteiger partial charge in [-0.05, 0) is 62.3 Å². The van der Waals surface area contributed by atoms with Gasteiger partial charge in [-0.1, -0.05) is 89.0 Å². The number of fused-ring (bicyclic) bond motifs is 4. The molecule has 1 aromatic rings. The summed E-state index contributed by atoms with van der Waals surface area (Å²) in [6.45, 7) is 8.78. The Hall–Kier alpha value is -2.35. The van der Waals surface area contributed by atoms with Crippen LogP contribution in [0.25, 0.3) is 22.6 Å². The fraction of sp³-hybridized carbons (Fsp3) is 0.545. The van der Waals surface area contributed by atoms with E-state index in [1.165, 1.54) is 98.2 Å². The molecule has 0 aromatic heterocycles. The minimum atomic E-state index is 1.02. The summed E-state index contributed by atoms with van der Waals surface area (Å²) in [6.07, 6.45) is 17.2. The monoisotopic (exact) mass is 472 g/mol. The van der Waals surface area contributed by atoms with Crippen LogP contribution in [0.15, 0.2) is 46.9 Å². The van der Waals surface area contributed by atoms with Crippen LogP contribution in [0.5, 0.6) is 0 Å². The first-order valence-electron chi connectivity index (χ1n) is 14.5. The van der Waals surface area contributed by atoms with Crippen molar-refractivity contribution >= 4 is 0 Å². The van der Waals surface area contributed by atoms with Crippen molar-refractivity contribution in [2.45, 2.75) is 104 Å². The second kappa shape index (κ2) is 13.1. The lowest BCUT2D eigenvalue weighted by atomic mass is 9.83. The van der Waals surface area contributed by atoms with Gasteiger partial charge < -0.3 is 4.42 Å². The Balaban J connectivity index is 1.54. The molecule has 0 bridgehead atoms. The fourth-order valence-corrected chi connectivity index (χ4v) is 5.88. The predicted octanol–water partition coefficient (Wildman–Crippen LogP) is 8.43. The molecule has 0 atom stereocenters. The number of rotatable bonds is 13. The quantitative estimate of drug-likeness (QED) is 0.180. The summed E-state index contributed by atoms with van der Waals surface area (Å²) in [4.78, 5) is 0. The highest BCUT2D eigenvalue weighted by Crippen LogP contribution is 2.41. The summed E-state index contributed by atoms with van der Waals surface area (Å²) in [5.74, 6) is 2.17. The van der Waals surface area contributed by atoms with Gasteiger partial charge in [0, 0.05) is 17.2 Å². The first-order valence-corrected chi connectivity index (χ1v) is 14.5. The van der Waals surface area contributed by atoms with Gasteiger partial charge >= 0.3 is 0 Å². The average Bonchev–Trinajstić information content (AvgIpc) is 2.89. The molecule has 0 saturated heterocycles. The summed E-state index contributed by atoms with van der Waals surface area (Å²) >= 11 is 0. The molecule has 1 heterocycles. The normalized spacial score (nSPS) is 12.5. The van der Waals surface area contributed by atoms with E-state index < -0.39 is 0 Å². The molecular weight excluding hydrogens is 426 g/mol. The maximum absolute atomic E-state index is 6.70. The molecule has 0 spiro atoms. The van der Waals surface area contributed by atoms with E-state index in [2.05, 4.69) is 67.8 Å². The van der Waals surface area contributed by atoms with Crippen molar-refractivity contribution in [3.05, 3.63) is 64.5 Å². The summed E-state index contributed by atoms with van der Waals surface area (Å²) in [7, 11) is 0. The van der Waals surface area contributed by atoms with E-state index >= 15 is 0 Å². The minimum Gasteiger partial charge on any atom is -0.456 e. The molecule has 1 aromatic carbocycles. The summed E-state index contributed by atoms with van der Waals surface area (Å²) in [5, 5.41) is 1.26. The topological polar surface area (TPSA) is 16.1 Å². The Bertz CT molecular complexity index is 1120. The van der Waals surface area contributed by atoms with Crippen LogP contribution in [0, 0.1) is 0 Å². The summed E-state index contributed by atoms with van der Waals surface area (Å²) in [6, 6.07) is 15.8. The fourth-order valence-electron chi connectivity index (χ4n) is 5.88. The highest BCUT2D eigenvalue weighted by Gasteiger charge is 2.25. The molecule has 3 aliphatic rings. The largest absolute Gasteiger partial charge is 0.456 e. The Morgan fingerprint density at radius 1 is 0.714 bits per heavy atom. The molecule has 2 nitrogen and oxygen atoms in total. The van der Waals surface area contributed by atoms with E-state index in [1.807, 2.05) is 0 Å². The Kier molecular flexibility index (Phi) is 9.63. The predicted molar refractivity (Wildman–Crippen MR) is 150 cm³/mol. The lowest BCUT2D eigenvalue weighted by Crippen LogP contribution is -2.29. The van der Waals surface area contributed by atoms with Gasteiger partial charge in [0.1, 0.15) is 24.6 Å². The number of benzene rings is 2. The van der Waals surface area contributed by atoms with E-state index in [0.29, 0.717) is 0 Å². The third kappa shape index (κ3) is 6.26. The van der Waals surface area contributed by atoms with Crippen LogP contribution in [-0.2, 0) is 19.3 Å². The van der Waals surface area contributed by atoms with Gasteiger partial charge in [0.2, 0.25) is 5.36 Å². The number of hydrogen-bond donors (Lipinski definition) is 0. The van der Waals surface area contributed by atoms with Crippen molar-refractivity contribution in [3.63, 3.8) is 0 Å². The van der Waals surface area contributed by atoms with Crippen molar-refractivity contribution < 1.29 is 4.42 Å². The average molecular weight is 473 g/mol. The van der Waals surface area contributed by atoms with E-state index in [4.69, 9.17) is 4.42 Å². The maximum atomic E-state index is 6.70. The Morgan fingerprint density at radius 3 is 2.11 bits per heavy atom. The van der Waals surface area contributed by atoms with E-state index in [1.54, 1.807) is 5.56 Å². The minimum absolute atomic E-state index is 1.02. The number of unbranched alkanes of at least 4 members (excludes halogenated alkanes) is 9. The first kappa shape index (κ1) is 25.7. The molecule has 0 fully saturated rings. The molecule has 0 amide bonds. The highest BCUT2D eigenvalue weighted by molar-refractivity contribution is 5.76. The zero-order valence-corrected chi connectivity index (χ0v) is 22.5. The molecule has 0 saturated carbocycles. The second-order valence-electron chi connectivity index (χ2n) is 10.3. The van der Waals surface area contributed by atoms with Crippen molar-refractivity contribution in [2.24, 2.45) is 0 Å². The van der Waals surface area contributed by atoms with Crippen LogP contribution in [-0.4, -0.2) is 13.1 Å². The van der Waals surface area contributed by atoms with Gasteiger partial charge in [-0.3, -0.25) is 0 Å². The molecule has 0 N–H and O–H groups in total. The van der Waals surface area contributed by atoms with Crippen LogP contribution in [0.3, 0.4) is 0 Å². The van der Waals surface area contributed by atoms with Crippen molar-refractivity contribution in [2.75, 3.05) is 13.1 Å². The maximum Gasteiger partial charge on any atom is 0.203 e. The molecule has 0 unspecified atom stereocenters. The zero-order chi connectivity index (χ0) is 24.5. The third-order valence-corrected chi connectivity index (χ3v) is 7.96. The van der Waals surface area contributed by atoms with Crippen LogP contribution >= 0.6 is 0 Å². The van der Waals surface area contributed by atoms with Crippen LogP contribution in [0.2, 0.25) is 0 Å². The standard InChI is InChI=1S/C33H46NO/c1-4-7-8-9-10-11-12-13-14-15-20-29-30-24-22-27(34(5-2)6-3)25-32(30)35-33-28-19-17-16-18-26(28)21-23-31(29)33/h16-19,22,24-25H,4-15,20-21,23H2,1-3H3/q+1. The van der Waals surface area contributed by atoms with Gasteiger partial charge in [-0.15, -0.1) is 0 Å². The first-order chi connectivity index (χ1) is 17.3.